The first-order valence-electron chi connectivity index (χ1n) is 15.5. The largest absolute Gasteiger partial charge is 0.380 e. The van der Waals surface area contributed by atoms with Gasteiger partial charge in [0, 0.05) is 84.1 Å². The van der Waals surface area contributed by atoms with Crippen LogP contribution in [0.5, 0.6) is 0 Å². The number of anilines is 1. The van der Waals surface area contributed by atoms with Crippen LogP contribution in [0.3, 0.4) is 0 Å². The third-order valence-corrected chi connectivity index (χ3v) is 9.14. The second kappa shape index (κ2) is 12.4. The molecule has 2 fully saturated rings. The second-order valence-electron chi connectivity index (χ2n) is 12.1. The predicted octanol–water partition coefficient (Wildman–Crippen LogP) is 2.07. The van der Waals surface area contributed by atoms with Crippen LogP contribution in [-0.2, 0) is 40.3 Å². The summed E-state index contributed by atoms with van der Waals surface area (Å²) in [6.07, 6.45) is 2.47. The molecule has 0 bridgehead atoms. The molecular weight excluding hydrogens is 560 g/mol. The molecule has 11 nitrogen and oxygen atoms in total. The van der Waals surface area contributed by atoms with Crippen molar-refractivity contribution in [2.24, 2.45) is 0 Å². The standard InChI is InChI=1S/C33H40N6O5/c1-22(44-3)19-38-16-15-37(21-31(38)41)25-7-9-27-28(18-25)34-29(11-13-36-12-4-5-30(36)40)39(33(27)43)14-10-23-6-8-26-24(17-23)20-35(2)32(26)42/h6-9,17-18,22H,4-5,10-16,19-21H2,1-3H3/t22-/m0/s1. The van der Waals surface area contributed by atoms with E-state index in [1.54, 1.807) is 23.6 Å². The average molecular weight is 601 g/mol. The van der Waals surface area contributed by atoms with Crippen molar-refractivity contribution in [2.75, 3.05) is 58.3 Å². The number of ether oxygens (including phenoxy) is 1. The zero-order valence-corrected chi connectivity index (χ0v) is 25.8. The van der Waals surface area contributed by atoms with Crippen molar-refractivity contribution in [3.8, 4) is 0 Å². The summed E-state index contributed by atoms with van der Waals surface area (Å²) in [5, 5.41) is 0.523. The molecule has 1 atom stereocenters. The van der Waals surface area contributed by atoms with Gasteiger partial charge in [-0.15, -0.1) is 0 Å². The van der Waals surface area contributed by atoms with Gasteiger partial charge in [-0.25, -0.2) is 4.98 Å². The van der Waals surface area contributed by atoms with Gasteiger partial charge in [-0.1, -0.05) is 12.1 Å². The SMILES string of the molecule is CO[C@@H](C)CN1CCN(c2ccc3c(=O)n(CCc4ccc5c(c4)CN(C)C5=O)c(CCN4CCCC4=O)nc3c2)CC1=O. The molecule has 1 aromatic heterocycles. The molecule has 3 aromatic rings. The topological polar surface area (TPSA) is 108 Å². The van der Waals surface area contributed by atoms with E-state index in [-0.39, 0.29) is 35.9 Å². The number of hydrogen-bond acceptors (Lipinski definition) is 7. The second-order valence-corrected chi connectivity index (χ2v) is 12.1. The number of methoxy groups -OCH3 is 1. The fraction of sp³-hybridized carbons (Fsp3) is 0.485. The number of rotatable bonds is 10. The molecule has 2 saturated heterocycles. The maximum atomic E-state index is 13.9. The van der Waals surface area contributed by atoms with Crippen LogP contribution in [0.2, 0.25) is 0 Å². The number of carbonyl (C=O) groups excluding carboxylic acids is 3. The molecule has 0 spiro atoms. The Kier molecular flexibility index (Phi) is 8.40. The van der Waals surface area contributed by atoms with Gasteiger partial charge >= 0.3 is 0 Å². The Balaban J connectivity index is 1.26. The van der Waals surface area contributed by atoms with Crippen molar-refractivity contribution in [1.82, 2.24) is 24.3 Å². The molecule has 2 aromatic carbocycles. The van der Waals surface area contributed by atoms with Crippen LogP contribution in [-0.4, -0.2) is 102 Å². The lowest BCUT2D eigenvalue weighted by Gasteiger charge is -2.36. The number of hydrogen-bond donors (Lipinski definition) is 0. The lowest BCUT2D eigenvalue weighted by Crippen LogP contribution is -2.52. The molecule has 4 heterocycles. The van der Waals surface area contributed by atoms with Crippen LogP contribution < -0.4 is 10.5 Å². The van der Waals surface area contributed by atoms with E-state index in [2.05, 4.69) is 6.07 Å². The number of fused-ring (bicyclic) bond motifs is 2. The summed E-state index contributed by atoms with van der Waals surface area (Å²) in [5.41, 5.74) is 4.13. The van der Waals surface area contributed by atoms with Crippen LogP contribution in [0.15, 0.2) is 41.2 Å². The van der Waals surface area contributed by atoms with Crippen molar-refractivity contribution >= 4 is 34.3 Å². The zero-order chi connectivity index (χ0) is 31.0. The molecule has 3 aliphatic heterocycles. The fourth-order valence-corrected chi connectivity index (χ4v) is 6.47. The Hall–Kier alpha value is -4.25. The highest BCUT2D eigenvalue weighted by Gasteiger charge is 2.27. The molecule has 0 unspecified atom stereocenters. The smallest absolute Gasteiger partial charge is 0.261 e. The van der Waals surface area contributed by atoms with Gasteiger partial charge in [0.05, 0.1) is 23.6 Å². The minimum atomic E-state index is -0.116. The van der Waals surface area contributed by atoms with E-state index in [0.717, 1.165) is 35.3 Å². The lowest BCUT2D eigenvalue weighted by molar-refractivity contribution is -0.132. The summed E-state index contributed by atoms with van der Waals surface area (Å²) in [4.78, 5) is 63.8. The maximum Gasteiger partial charge on any atom is 0.261 e. The Morgan fingerprint density at radius 1 is 0.909 bits per heavy atom. The van der Waals surface area contributed by atoms with Crippen molar-refractivity contribution in [3.63, 3.8) is 0 Å². The minimum Gasteiger partial charge on any atom is -0.380 e. The number of amides is 3. The van der Waals surface area contributed by atoms with Gasteiger partial charge in [0.25, 0.3) is 11.5 Å². The van der Waals surface area contributed by atoms with Gasteiger partial charge in [0.2, 0.25) is 11.8 Å². The quantitative estimate of drug-likeness (QED) is 0.351. The van der Waals surface area contributed by atoms with Crippen LogP contribution in [0, 0.1) is 0 Å². The summed E-state index contributed by atoms with van der Waals surface area (Å²) in [5.74, 6) is 0.863. The molecule has 3 amide bonds. The van der Waals surface area contributed by atoms with E-state index in [9.17, 15) is 19.2 Å². The molecule has 0 saturated carbocycles. The summed E-state index contributed by atoms with van der Waals surface area (Å²) in [6.45, 7) is 6.31. The van der Waals surface area contributed by atoms with Crippen LogP contribution in [0.25, 0.3) is 10.9 Å². The molecule has 232 valence electrons. The van der Waals surface area contributed by atoms with E-state index < -0.39 is 0 Å². The molecule has 11 heteroatoms. The number of benzene rings is 2. The van der Waals surface area contributed by atoms with Crippen molar-refractivity contribution in [2.45, 2.75) is 51.8 Å². The van der Waals surface area contributed by atoms with E-state index in [1.807, 2.05) is 52.0 Å². The Labute approximate surface area is 257 Å². The molecular formula is C33H40N6O5. The van der Waals surface area contributed by atoms with E-state index in [4.69, 9.17) is 9.72 Å². The molecule has 6 rings (SSSR count). The van der Waals surface area contributed by atoms with Crippen molar-refractivity contribution in [3.05, 3.63) is 69.3 Å². The molecule has 0 radical (unpaired) electrons. The first-order chi connectivity index (χ1) is 21.2. The monoisotopic (exact) mass is 600 g/mol. The molecule has 0 N–H and O–H groups in total. The number of carbonyl (C=O) groups is 3. The van der Waals surface area contributed by atoms with Gasteiger partial charge in [-0.05, 0) is 55.2 Å². The highest BCUT2D eigenvalue weighted by Crippen LogP contribution is 2.24. The Bertz CT molecular complexity index is 1670. The van der Waals surface area contributed by atoms with E-state index in [1.165, 1.54) is 0 Å². The predicted molar refractivity (Wildman–Crippen MR) is 167 cm³/mol. The molecule has 44 heavy (non-hydrogen) atoms. The Morgan fingerprint density at radius 3 is 2.50 bits per heavy atom. The summed E-state index contributed by atoms with van der Waals surface area (Å²) in [7, 11) is 3.44. The van der Waals surface area contributed by atoms with Crippen LogP contribution in [0.1, 0.15) is 47.1 Å². The van der Waals surface area contributed by atoms with Crippen LogP contribution >= 0.6 is 0 Å². The van der Waals surface area contributed by atoms with Crippen molar-refractivity contribution in [1.29, 1.82) is 0 Å². The third-order valence-electron chi connectivity index (χ3n) is 9.14. The van der Waals surface area contributed by atoms with Gasteiger partial charge in [0.15, 0.2) is 0 Å². The Morgan fingerprint density at radius 2 is 1.75 bits per heavy atom. The number of likely N-dealkylation sites (tertiary alicyclic amines) is 1. The van der Waals surface area contributed by atoms with E-state index in [0.29, 0.717) is 75.3 Å². The van der Waals surface area contributed by atoms with Gasteiger partial charge in [-0.2, -0.15) is 0 Å². The normalized spacial score (nSPS) is 17.8. The number of aromatic nitrogens is 2. The van der Waals surface area contributed by atoms with Gasteiger partial charge in [0.1, 0.15) is 5.82 Å². The fourth-order valence-electron chi connectivity index (χ4n) is 6.47. The minimum absolute atomic E-state index is 0.0274. The molecule has 3 aliphatic rings. The molecule has 0 aliphatic carbocycles. The highest BCUT2D eigenvalue weighted by atomic mass is 16.5. The third kappa shape index (κ3) is 5.93. The van der Waals surface area contributed by atoms with E-state index >= 15 is 0 Å². The highest BCUT2D eigenvalue weighted by molar-refractivity contribution is 5.98. The summed E-state index contributed by atoms with van der Waals surface area (Å²) in [6, 6.07) is 11.5. The number of piperazine rings is 1. The summed E-state index contributed by atoms with van der Waals surface area (Å²) >= 11 is 0. The summed E-state index contributed by atoms with van der Waals surface area (Å²) < 4.78 is 7.08. The number of aryl methyl sites for hydroxylation is 1. The van der Waals surface area contributed by atoms with Gasteiger partial charge < -0.3 is 24.3 Å². The maximum absolute atomic E-state index is 13.9. The zero-order valence-electron chi connectivity index (χ0n) is 25.8. The average Bonchev–Trinajstić information content (AvgIpc) is 3.56. The lowest BCUT2D eigenvalue weighted by atomic mass is 10.0. The first kappa shape index (κ1) is 29.8. The van der Waals surface area contributed by atoms with Gasteiger partial charge in [-0.3, -0.25) is 23.7 Å². The van der Waals surface area contributed by atoms with Crippen LogP contribution in [0.4, 0.5) is 5.69 Å². The van der Waals surface area contributed by atoms with Crippen molar-refractivity contribution < 1.29 is 19.1 Å². The number of nitrogens with zero attached hydrogens (tertiary/aromatic N) is 6. The first-order valence-corrected chi connectivity index (χ1v) is 15.5.